The van der Waals surface area contributed by atoms with Gasteiger partial charge < -0.3 is 14.7 Å². The third-order valence-corrected chi connectivity index (χ3v) is 3.06. The monoisotopic (exact) mass is 325 g/mol. The molecule has 0 bridgehead atoms. The van der Waals surface area contributed by atoms with Crippen molar-refractivity contribution in [2.45, 2.75) is 46.8 Å². The third-order valence-electron chi connectivity index (χ3n) is 3.06. The van der Waals surface area contributed by atoms with Crippen molar-refractivity contribution in [1.29, 1.82) is 0 Å². The summed E-state index contributed by atoms with van der Waals surface area (Å²) in [6.45, 7) is 10.7. The van der Waals surface area contributed by atoms with Gasteiger partial charge in [0.25, 0.3) is 0 Å². The normalized spacial score (nSPS) is 12.0. The molecule has 130 valence electrons. The molecule has 1 aromatic rings. The number of hydrogen-bond donors (Lipinski definition) is 2. The summed E-state index contributed by atoms with van der Waals surface area (Å²) >= 11 is 0. The number of hydrazine groups is 1. The van der Waals surface area contributed by atoms with Gasteiger partial charge in [0.15, 0.2) is 11.6 Å². The maximum absolute atomic E-state index is 11.9. The Bertz CT molecular complexity index is 479. The molecule has 1 amide bonds. The van der Waals surface area contributed by atoms with Crippen molar-refractivity contribution in [3.63, 3.8) is 0 Å². The van der Waals surface area contributed by atoms with Crippen molar-refractivity contribution in [3.05, 3.63) is 12.1 Å². The van der Waals surface area contributed by atoms with E-state index in [0.717, 1.165) is 0 Å². The molecule has 0 saturated carbocycles. The quantitative estimate of drug-likeness (QED) is 0.705. The number of rotatable bonds is 8. The summed E-state index contributed by atoms with van der Waals surface area (Å²) in [5, 5.41) is 19.1. The number of anilines is 2. The molecule has 2 N–H and O–H groups in total. The second-order valence-corrected chi connectivity index (χ2v) is 5.44. The van der Waals surface area contributed by atoms with Gasteiger partial charge in [0.1, 0.15) is 0 Å². The summed E-state index contributed by atoms with van der Waals surface area (Å²) in [5.74, 6) is 1.12. The highest BCUT2D eigenvalue weighted by molar-refractivity contribution is 5.69. The van der Waals surface area contributed by atoms with Crippen molar-refractivity contribution in [2.24, 2.45) is 0 Å². The molecule has 0 aliphatic rings. The van der Waals surface area contributed by atoms with Gasteiger partial charge in [-0.05, 0) is 46.8 Å². The first-order valence-corrected chi connectivity index (χ1v) is 7.88. The fraction of sp³-hybridized carbons (Fsp3) is 0.667. The summed E-state index contributed by atoms with van der Waals surface area (Å²) in [5.41, 5.74) is 2.91. The summed E-state index contributed by atoms with van der Waals surface area (Å²) in [6, 6.07) is 3.44. The van der Waals surface area contributed by atoms with Crippen molar-refractivity contribution >= 4 is 17.7 Å². The molecule has 1 rings (SSSR count). The lowest BCUT2D eigenvalue weighted by atomic mass is 10.3. The minimum absolute atomic E-state index is 0.0992. The number of aromatic nitrogens is 2. The number of carbonyl (C=O) groups excluding carboxylic acids is 1. The highest BCUT2D eigenvalue weighted by atomic mass is 16.6. The summed E-state index contributed by atoms with van der Waals surface area (Å²) in [6.07, 6.45) is -0.910. The van der Waals surface area contributed by atoms with E-state index in [1.165, 1.54) is 5.01 Å². The summed E-state index contributed by atoms with van der Waals surface area (Å²) < 4.78 is 5.00. The van der Waals surface area contributed by atoms with Gasteiger partial charge in [-0.25, -0.2) is 9.80 Å². The van der Waals surface area contributed by atoms with Crippen LogP contribution in [0.1, 0.15) is 34.6 Å². The van der Waals surface area contributed by atoms with Gasteiger partial charge in [-0.2, -0.15) is 0 Å². The molecule has 0 radical (unpaired) electrons. The molecule has 23 heavy (non-hydrogen) atoms. The Labute approximate surface area is 137 Å². The fourth-order valence-corrected chi connectivity index (χ4v) is 1.96. The molecule has 1 aromatic heterocycles. The molecule has 0 spiro atoms. The number of likely N-dealkylation sites (N-methyl/N-ethyl adjacent to an activating group) is 1. The number of amides is 1. The topological polar surface area (TPSA) is 90.8 Å². The predicted molar refractivity (Wildman–Crippen MR) is 89.2 cm³/mol. The summed E-state index contributed by atoms with van der Waals surface area (Å²) in [4.78, 5) is 13.8. The van der Waals surface area contributed by atoms with Crippen LogP contribution >= 0.6 is 0 Å². The van der Waals surface area contributed by atoms with Crippen LogP contribution in [0.25, 0.3) is 0 Å². The highest BCUT2D eigenvalue weighted by Crippen LogP contribution is 2.13. The Balaban J connectivity index is 2.80. The number of nitrogens with one attached hydrogen (secondary N) is 1. The first kappa shape index (κ1) is 19.0. The van der Waals surface area contributed by atoms with Gasteiger partial charge in [0, 0.05) is 13.1 Å². The molecule has 1 atom stereocenters. The van der Waals surface area contributed by atoms with Crippen LogP contribution < -0.4 is 10.3 Å². The highest BCUT2D eigenvalue weighted by Gasteiger charge is 2.19. The maximum Gasteiger partial charge on any atom is 0.428 e. The molecule has 0 aliphatic heterocycles. The predicted octanol–water partition coefficient (Wildman–Crippen LogP) is 1.88. The lowest BCUT2D eigenvalue weighted by Gasteiger charge is -2.27. The summed E-state index contributed by atoms with van der Waals surface area (Å²) in [7, 11) is 0. The van der Waals surface area contributed by atoms with Gasteiger partial charge >= 0.3 is 6.09 Å². The molecule has 8 nitrogen and oxygen atoms in total. The van der Waals surface area contributed by atoms with Crippen LogP contribution in [-0.4, -0.2) is 58.2 Å². The number of nitrogens with zero attached hydrogens (tertiary/aromatic N) is 4. The zero-order valence-corrected chi connectivity index (χ0v) is 14.5. The number of hydrogen-bond acceptors (Lipinski definition) is 7. The minimum atomic E-state index is -0.460. The van der Waals surface area contributed by atoms with E-state index in [2.05, 4.69) is 15.6 Å². The van der Waals surface area contributed by atoms with Gasteiger partial charge in [-0.1, -0.05) is 0 Å². The second kappa shape index (κ2) is 9.14. The Morgan fingerprint density at radius 3 is 2.43 bits per heavy atom. The second-order valence-electron chi connectivity index (χ2n) is 5.44. The van der Waals surface area contributed by atoms with Crippen molar-refractivity contribution in [2.75, 3.05) is 30.0 Å². The molecule has 0 fully saturated rings. The largest absolute Gasteiger partial charge is 0.448 e. The van der Waals surface area contributed by atoms with E-state index in [4.69, 9.17) is 4.74 Å². The van der Waals surface area contributed by atoms with E-state index in [-0.39, 0.29) is 6.04 Å². The average Bonchev–Trinajstić information content (AvgIpc) is 2.50. The molecular formula is C15H27N5O3. The zero-order chi connectivity index (χ0) is 17.4. The molecule has 0 saturated heterocycles. The molecule has 8 heteroatoms. The van der Waals surface area contributed by atoms with Crippen LogP contribution in [-0.2, 0) is 4.74 Å². The van der Waals surface area contributed by atoms with Crippen LogP contribution in [0.3, 0.4) is 0 Å². The van der Waals surface area contributed by atoms with Gasteiger partial charge in [-0.15, -0.1) is 10.2 Å². The van der Waals surface area contributed by atoms with Crippen molar-refractivity contribution in [1.82, 2.24) is 15.2 Å². The smallest absolute Gasteiger partial charge is 0.428 e. The maximum atomic E-state index is 11.9. The third kappa shape index (κ3) is 5.90. The van der Waals surface area contributed by atoms with E-state index in [1.54, 1.807) is 26.0 Å². The Kier molecular flexibility index (Phi) is 7.53. The fourth-order valence-electron chi connectivity index (χ4n) is 1.96. The molecule has 1 heterocycles. The minimum Gasteiger partial charge on any atom is -0.448 e. The molecule has 0 aliphatic carbocycles. The van der Waals surface area contributed by atoms with Crippen LogP contribution in [0.4, 0.5) is 16.4 Å². The lowest BCUT2D eigenvalue weighted by Crippen LogP contribution is -2.42. The van der Waals surface area contributed by atoms with Gasteiger partial charge in [0.05, 0.1) is 18.8 Å². The first-order chi connectivity index (χ1) is 10.9. The van der Waals surface area contributed by atoms with E-state index >= 15 is 0 Å². The van der Waals surface area contributed by atoms with Gasteiger partial charge in [-0.3, -0.25) is 5.43 Å². The van der Waals surface area contributed by atoms with Crippen LogP contribution in [0.2, 0.25) is 0 Å². The van der Waals surface area contributed by atoms with Crippen molar-refractivity contribution < 1.29 is 14.6 Å². The first-order valence-electron chi connectivity index (χ1n) is 7.88. The molecule has 1 unspecified atom stereocenters. The van der Waals surface area contributed by atoms with Crippen LogP contribution in [0, 0.1) is 0 Å². The Hall–Kier alpha value is -2.09. The van der Waals surface area contributed by atoms with Crippen LogP contribution in [0.15, 0.2) is 12.1 Å². The number of ether oxygens (including phenoxy) is 1. The van der Waals surface area contributed by atoms with E-state index < -0.39 is 12.2 Å². The number of carbonyl (C=O) groups is 1. The lowest BCUT2D eigenvalue weighted by molar-refractivity contribution is 0.106. The van der Waals surface area contributed by atoms with E-state index in [9.17, 15) is 9.90 Å². The Morgan fingerprint density at radius 1 is 1.30 bits per heavy atom. The molecule has 0 aromatic carbocycles. The molecular weight excluding hydrogens is 298 g/mol. The SMILES string of the molecule is CCOC(=O)N(Nc1ccc(N(CC)CC(C)O)nn1)C(C)C. The zero-order valence-electron chi connectivity index (χ0n) is 14.5. The average molecular weight is 325 g/mol. The van der Waals surface area contributed by atoms with Gasteiger partial charge in [0.2, 0.25) is 0 Å². The van der Waals surface area contributed by atoms with Crippen LogP contribution in [0.5, 0.6) is 0 Å². The standard InChI is InChI=1S/C15H27N5O3/c1-6-19(10-12(5)21)14-9-8-13(16-17-14)18-20(11(3)4)15(22)23-7-2/h8-9,11-12,21H,6-7,10H2,1-5H3,(H,16,18). The van der Waals surface area contributed by atoms with Crippen molar-refractivity contribution in [3.8, 4) is 0 Å². The Morgan fingerprint density at radius 2 is 2.00 bits per heavy atom. The van der Waals surface area contributed by atoms with E-state index in [0.29, 0.717) is 31.3 Å². The number of aliphatic hydroxyl groups is 1. The van der Waals surface area contributed by atoms with E-state index in [1.807, 2.05) is 25.7 Å². The number of aliphatic hydroxyl groups excluding tert-OH is 1.